The summed E-state index contributed by atoms with van der Waals surface area (Å²) in [6.07, 6.45) is 0. The van der Waals surface area contributed by atoms with E-state index in [0.29, 0.717) is 6.54 Å². The minimum absolute atomic E-state index is 0.525. The molecule has 58 heavy (non-hydrogen) atoms. The van der Waals surface area contributed by atoms with Gasteiger partial charge in [0.1, 0.15) is 0 Å². The summed E-state index contributed by atoms with van der Waals surface area (Å²) < 4.78 is 2.53. The van der Waals surface area contributed by atoms with Crippen molar-refractivity contribution in [3.8, 4) is 39.1 Å². The Bertz CT molecular complexity index is 3090. The molecule has 0 fully saturated rings. The second kappa shape index (κ2) is 12.8. The summed E-state index contributed by atoms with van der Waals surface area (Å²) in [7, 11) is 0. The molecule has 0 amide bonds. The molecule has 12 rings (SSSR count). The zero-order valence-corrected chi connectivity index (χ0v) is 31.9. The lowest BCUT2D eigenvalue weighted by molar-refractivity contribution is 0.734. The predicted octanol–water partition coefficient (Wildman–Crippen LogP) is 14.1. The third-order valence-electron chi connectivity index (χ3n) is 12.7. The molecule has 2 heteroatoms. The third kappa shape index (κ3) is 4.66. The molecule has 10 aromatic rings. The lowest BCUT2D eigenvalue weighted by atomic mass is 9.64. The fourth-order valence-electron chi connectivity index (χ4n) is 10.3. The molecule has 2 heterocycles. The van der Waals surface area contributed by atoms with Crippen molar-refractivity contribution in [1.82, 2.24) is 4.57 Å². The van der Waals surface area contributed by atoms with Crippen LogP contribution in [0.2, 0.25) is 0 Å². The highest BCUT2D eigenvalue weighted by Crippen LogP contribution is 2.62. The highest BCUT2D eigenvalue weighted by molar-refractivity contribution is 6.13. The SMILES string of the molecule is c1ccc(-c2ccc(N(Cc3cccc4c3C3(c5ccccc5-4)c4ccccc4-n4c5ccccc5c5cccc3c54)c3ccc(-c4ccccc4)cc3)cc2)cc1. The number of hydrogen-bond donors (Lipinski definition) is 0. The quantitative estimate of drug-likeness (QED) is 0.165. The van der Waals surface area contributed by atoms with Gasteiger partial charge < -0.3 is 9.47 Å². The van der Waals surface area contributed by atoms with Crippen LogP contribution in [0.1, 0.15) is 27.8 Å². The van der Waals surface area contributed by atoms with Gasteiger partial charge >= 0.3 is 0 Å². The Balaban J connectivity index is 1.10. The van der Waals surface area contributed by atoms with E-state index in [4.69, 9.17) is 0 Å². The normalized spacial score (nSPS) is 14.7. The maximum atomic E-state index is 2.53. The maximum Gasteiger partial charge on any atom is 0.0757 e. The summed E-state index contributed by atoms with van der Waals surface area (Å²) in [5, 5.41) is 2.58. The molecule has 0 bridgehead atoms. The van der Waals surface area contributed by atoms with Crippen molar-refractivity contribution in [2.24, 2.45) is 0 Å². The van der Waals surface area contributed by atoms with Gasteiger partial charge in [0.15, 0.2) is 0 Å². The summed E-state index contributed by atoms with van der Waals surface area (Å²) >= 11 is 0. The Morgan fingerprint density at radius 1 is 0.379 bits per heavy atom. The zero-order valence-electron chi connectivity index (χ0n) is 31.9. The maximum absolute atomic E-state index is 2.53. The van der Waals surface area contributed by atoms with Crippen LogP contribution in [-0.4, -0.2) is 4.57 Å². The number of para-hydroxylation sites is 3. The van der Waals surface area contributed by atoms with Gasteiger partial charge in [0.25, 0.3) is 0 Å². The van der Waals surface area contributed by atoms with Gasteiger partial charge in [-0.05, 0) is 97.6 Å². The second-order valence-corrected chi connectivity index (χ2v) is 15.6. The molecule has 0 N–H and O–H groups in total. The molecule has 1 spiro atoms. The molecule has 2 nitrogen and oxygen atoms in total. The first-order valence-corrected chi connectivity index (χ1v) is 20.2. The van der Waals surface area contributed by atoms with Crippen molar-refractivity contribution in [2.45, 2.75) is 12.0 Å². The van der Waals surface area contributed by atoms with Gasteiger partial charge in [0, 0.05) is 28.7 Å². The van der Waals surface area contributed by atoms with Crippen molar-refractivity contribution in [1.29, 1.82) is 0 Å². The highest BCUT2D eigenvalue weighted by Gasteiger charge is 2.51. The standard InChI is InChI=1S/C56H38N2/c1-3-15-38(16-4-1)40-29-33-43(34-30-40)57(44-35-31-41(32-36-44)39-17-5-2-6-18-39)37-42-19-13-22-47-45-20-7-9-24-49(45)56(54(42)47)50-25-10-12-28-53(50)58-52-27-11-8-21-46(52)48-23-14-26-51(56)55(48)58/h1-36H,37H2. The molecule has 1 aliphatic heterocycles. The summed E-state index contributed by atoms with van der Waals surface area (Å²) in [5.74, 6) is 0. The average Bonchev–Trinajstić information content (AvgIpc) is 3.80. The van der Waals surface area contributed by atoms with Crippen LogP contribution in [0.3, 0.4) is 0 Å². The lowest BCUT2D eigenvalue weighted by Crippen LogP contribution is -2.35. The Kier molecular flexibility index (Phi) is 7.24. The number of anilines is 2. The van der Waals surface area contributed by atoms with Crippen molar-refractivity contribution >= 4 is 33.2 Å². The molecule has 2 aliphatic rings. The van der Waals surface area contributed by atoms with Crippen LogP contribution in [0.25, 0.3) is 60.9 Å². The Morgan fingerprint density at radius 3 is 1.60 bits per heavy atom. The van der Waals surface area contributed by atoms with Crippen LogP contribution in [0.4, 0.5) is 11.4 Å². The van der Waals surface area contributed by atoms with Crippen molar-refractivity contribution in [3.05, 3.63) is 246 Å². The number of hydrogen-bond acceptors (Lipinski definition) is 1. The van der Waals surface area contributed by atoms with E-state index >= 15 is 0 Å². The monoisotopic (exact) mass is 738 g/mol. The molecule has 1 unspecified atom stereocenters. The van der Waals surface area contributed by atoms with E-state index in [1.165, 1.54) is 88.7 Å². The van der Waals surface area contributed by atoms with Crippen LogP contribution < -0.4 is 4.90 Å². The van der Waals surface area contributed by atoms with Crippen molar-refractivity contribution in [3.63, 3.8) is 0 Å². The molecule has 9 aromatic carbocycles. The minimum Gasteiger partial charge on any atom is -0.337 e. The van der Waals surface area contributed by atoms with Crippen molar-refractivity contribution in [2.75, 3.05) is 4.90 Å². The smallest absolute Gasteiger partial charge is 0.0757 e. The number of fused-ring (bicyclic) bond motifs is 12. The van der Waals surface area contributed by atoms with Gasteiger partial charge in [0.05, 0.1) is 22.1 Å². The summed E-state index contributed by atoms with van der Waals surface area (Å²) in [5.41, 5.74) is 19.7. The highest BCUT2D eigenvalue weighted by atomic mass is 15.1. The molecule has 0 saturated heterocycles. The third-order valence-corrected chi connectivity index (χ3v) is 12.7. The first-order chi connectivity index (χ1) is 28.8. The van der Waals surface area contributed by atoms with Crippen LogP contribution in [0, 0.1) is 0 Å². The van der Waals surface area contributed by atoms with Gasteiger partial charge in [-0.1, -0.05) is 182 Å². The lowest BCUT2D eigenvalue weighted by Gasteiger charge is -2.41. The first kappa shape index (κ1) is 32.8. The van der Waals surface area contributed by atoms with Crippen LogP contribution in [0.15, 0.2) is 218 Å². The molecule has 272 valence electrons. The van der Waals surface area contributed by atoms with Gasteiger partial charge in [-0.2, -0.15) is 0 Å². The fourth-order valence-corrected chi connectivity index (χ4v) is 10.3. The van der Waals surface area contributed by atoms with E-state index < -0.39 is 5.41 Å². The Labute approximate surface area is 338 Å². The van der Waals surface area contributed by atoms with E-state index in [1.807, 2.05) is 0 Å². The number of aromatic nitrogens is 1. The number of nitrogens with zero attached hydrogens (tertiary/aromatic N) is 2. The zero-order chi connectivity index (χ0) is 38.2. The van der Waals surface area contributed by atoms with E-state index in [-0.39, 0.29) is 0 Å². The van der Waals surface area contributed by atoms with E-state index in [0.717, 1.165) is 11.4 Å². The predicted molar refractivity (Wildman–Crippen MR) is 241 cm³/mol. The van der Waals surface area contributed by atoms with Crippen LogP contribution >= 0.6 is 0 Å². The first-order valence-electron chi connectivity index (χ1n) is 20.2. The van der Waals surface area contributed by atoms with E-state index in [1.54, 1.807) is 0 Å². The van der Waals surface area contributed by atoms with Crippen LogP contribution in [-0.2, 0) is 12.0 Å². The molecule has 0 saturated carbocycles. The fraction of sp³-hybridized carbons (Fsp3) is 0.0357. The van der Waals surface area contributed by atoms with Gasteiger partial charge in [-0.3, -0.25) is 0 Å². The molecule has 1 aromatic heterocycles. The summed E-state index contributed by atoms with van der Waals surface area (Å²) in [6.45, 7) is 0.690. The average molecular weight is 739 g/mol. The Morgan fingerprint density at radius 2 is 0.897 bits per heavy atom. The minimum atomic E-state index is -0.525. The molecule has 1 atom stereocenters. The summed E-state index contributed by atoms with van der Waals surface area (Å²) in [4.78, 5) is 2.50. The molecule has 1 aliphatic carbocycles. The molecular formula is C56H38N2. The molecular weight excluding hydrogens is 701 g/mol. The van der Waals surface area contributed by atoms with E-state index in [2.05, 4.69) is 228 Å². The van der Waals surface area contributed by atoms with Crippen LogP contribution in [0.5, 0.6) is 0 Å². The Hall–Kier alpha value is -7.42. The second-order valence-electron chi connectivity index (χ2n) is 15.6. The number of benzene rings is 9. The van der Waals surface area contributed by atoms with Gasteiger partial charge in [0.2, 0.25) is 0 Å². The van der Waals surface area contributed by atoms with E-state index in [9.17, 15) is 0 Å². The van der Waals surface area contributed by atoms with Gasteiger partial charge in [-0.25, -0.2) is 0 Å². The molecule has 0 radical (unpaired) electrons. The topological polar surface area (TPSA) is 8.17 Å². The van der Waals surface area contributed by atoms with Crippen molar-refractivity contribution < 1.29 is 0 Å². The largest absolute Gasteiger partial charge is 0.337 e. The summed E-state index contributed by atoms with van der Waals surface area (Å²) in [6, 6.07) is 80.7. The van der Waals surface area contributed by atoms with Gasteiger partial charge in [-0.15, -0.1) is 0 Å². The number of rotatable bonds is 6.